The highest BCUT2D eigenvalue weighted by molar-refractivity contribution is 7.89. The quantitative estimate of drug-likeness (QED) is 0.184. The number of nitrogens with zero attached hydrogens (tertiary/aromatic N) is 2. The fraction of sp³-hybridized carbons (Fsp3) is 0.300. The fourth-order valence-electron chi connectivity index (χ4n) is 4.86. The number of thiazole rings is 1. The Balaban J connectivity index is 1.70. The lowest BCUT2D eigenvalue weighted by Crippen LogP contribution is -2.14. The van der Waals surface area contributed by atoms with Crippen molar-refractivity contribution in [3.8, 4) is 21.8 Å². The molecule has 0 spiro atoms. The number of esters is 1. The Bertz CT molecular complexity index is 1770. The third-order valence-corrected chi connectivity index (χ3v) is 9.04. The molecule has 2 N–H and O–H groups in total. The van der Waals surface area contributed by atoms with Gasteiger partial charge in [-0.05, 0) is 81.3 Å². The van der Waals surface area contributed by atoms with Gasteiger partial charge in [-0.25, -0.2) is 27.7 Å². The SMILES string of the molecule is CCOC(=O)c1nc(-c2cc(-c3cccc(C(C)=O)c3)n(Cc3ccc(S(N)(=O)=O)c(F)c3)c2CC2CC2)sc1C. The summed E-state index contributed by atoms with van der Waals surface area (Å²) in [4.78, 5) is 29.6. The third-order valence-electron chi connectivity index (χ3n) is 7.09. The molecule has 5 rings (SSSR count). The van der Waals surface area contributed by atoms with Crippen LogP contribution in [0.15, 0.2) is 53.4 Å². The van der Waals surface area contributed by atoms with Crippen LogP contribution in [0.3, 0.4) is 0 Å². The van der Waals surface area contributed by atoms with Gasteiger partial charge in [0.2, 0.25) is 10.0 Å². The molecule has 0 bridgehead atoms. The van der Waals surface area contributed by atoms with Crippen LogP contribution < -0.4 is 5.14 Å². The van der Waals surface area contributed by atoms with Gasteiger partial charge < -0.3 is 9.30 Å². The highest BCUT2D eigenvalue weighted by atomic mass is 32.2. The van der Waals surface area contributed by atoms with E-state index in [-0.39, 0.29) is 24.6 Å². The van der Waals surface area contributed by atoms with Crippen LogP contribution >= 0.6 is 11.3 Å². The summed E-state index contributed by atoms with van der Waals surface area (Å²) in [6.45, 7) is 5.56. The van der Waals surface area contributed by atoms with Gasteiger partial charge in [-0.2, -0.15) is 0 Å². The third kappa shape index (κ3) is 6.17. The summed E-state index contributed by atoms with van der Waals surface area (Å²) in [5.41, 5.74) is 4.78. The first-order valence-electron chi connectivity index (χ1n) is 13.3. The number of carbonyl (C=O) groups is 2. The van der Waals surface area contributed by atoms with Gasteiger partial charge in [0.25, 0.3) is 0 Å². The van der Waals surface area contributed by atoms with Crippen molar-refractivity contribution < 1.29 is 27.1 Å². The highest BCUT2D eigenvalue weighted by Crippen LogP contribution is 2.41. The number of aryl methyl sites for hydroxylation is 1. The van der Waals surface area contributed by atoms with Crippen LogP contribution in [0.5, 0.6) is 0 Å². The lowest BCUT2D eigenvalue weighted by molar-refractivity contribution is 0.0519. The first-order chi connectivity index (χ1) is 19.5. The predicted molar refractivity (Wildman–Crippen MR) is 155 cm³/mol. The highest BCUT2D eigenvalue weighted by Gasteiger charge is 2.29. The standard InChI is InChI=1S/C30H30FN3O5S2/c1-4-39-30(36)28-18(3)40-29(33-28)23-15-25(22-7-5-6-21(14-22)17(2)35)34(26(23)13-19-8-9-19)16-20-10-11-27(24(31)12-20)41(32,37)38/h5-7,10-12,14-15,19H,4,8-9,13,16H2,1-3H3,(H2,32,37,38). The summed E-state index contributed by atoms with van der Waals surface area (Å²) >= 11 is 1.40. The number of ketones is 1. The summed E-state index contributed by atoms with van der Waals surface area (Å²) in [6.07, 6.45) is 2.91. The van der Waals surface area contributed by atoms with Crippen LogP contribution in [-0.2, 0) is 27.7 Å². The van der Waals surface area contributed by atoms with E-state index < -0.39 is 26.7 Å². The number of Topliss-reactive ketones (excluding diaryl/α,β-unsaturated/α-hetero) is 1. The fourth-order valence-corrected chi connectivity index (χ4v) is 6.39. The second-order valence-corrected chi connectivity index (χ2v) is 12.9. The number of hydrogen-bond acceptors (Lipinski definition) is 7. The number of carbonyl (C=O) groups excluding carboxylic acids is 2. The van der Waals surface area contributed by atoms with E-state index in [2.05, 4.69) is 9.55 Å². The summed E-state index contributed by atoms with van der Waals surface area (Å²) in [6, 6.07) is 13.2. The number of primary sulfonamides is 1. The maximum absolute atomic E-state index is 14.8. The lowest BCUT2D eigenvalue weighted by Gasteiger charge is -2.16. The van der Waals surface area contributed by atoms with E-state index in [0.717, 1.165) is 46.7 Å². The molecule has 0 unspecified atom stereocenters. The summed E-state index contributed by atoms with van der Waals surface area (Å²) < 4.78 is 45.7. The first-order valence-corrected chi connectivity index (χ1v) is 15.6. The van der Waals surface area contributed by atoms with Crippen LogP contribution in [0, 0.1) is 18.7 Å². The number of halogens is 1. The molecule has 1 fully saturated rings. The summed E-state index contributed by atoms with van der Waals surface area (Å²) in [7, 11) is -4.21. The van der Waals surface area contributed by atoms with Gasteiger partial charge in [0.05, 0.1) is 6.61 Å². The van der Waals surface area contributed by atoms with Crippen molar-refractivity contribution in [1.82, 2.24) is 9.55 Å². The van der Waals surface area contributed by atoms with Gasteiger partial charge in [-0.1, -0.05) is 24.3 Å². The maximum Gasteiger partial charge on any atom is 0.358 e. The molecule has 1 aliphatic carbocycles. The van der Waals surface area contributed by atoms with Gasteiger partial charge in [0, 0.05) is 33.9 Å². The molecule has 1 aliphatic rings. The Kier molecular flexibility index (Phi) is 7.95. The number of rotatable bonds is 10. The molecule has 41 heavy (non-hydrogen) atoms. The van der Waals surface area contributed by atoms with Gasteiger partial charge >= 0.3 is 5.97 Å². The number of aromatic nitrogens is 2. The zero-order chi connectivity index (χ0) is 29.5. The molecule has 0 saturated heterocycles. The Labute approximate surface area is 242 Å². The smallest absolute Gasteiger partial charge is 0.358 e. The van der Waals surface area contributed by atoms with Crippen molar-refractivity contribution >= 4 is 33.1 Å². The second kappa shape index (κ2) is 11.3. The van der Waals surface area contributed by atoms with Crippen LogP contribution in [0.2, 0.25) is 0 Å². The predicted octanol–water partition coefficient (Wildman–Crippen LogP) is 5.75. The van der Waals surface area contributed by atoms with Crippen molar-refractivity contribution in [3.63, 3.8) is 0 Å². The van der Waals surface area contributed by atoms with Crippen LogP contribution in [-0.4, -0.2) is 36.3 Å². The zero-order valence-electron chi connectivity index (χ0n) is 22.9. The summed E-state index contributed by atoms with van der Waals surface area (Å²) in [5.74, 6) is -0.990. The van der Waals surface area contributed by atoms with Crippen LogP contribution in [0.25, 0.3) is 21.8 Å². The van der Waals surface area contributed by atoms with E-state index in [9.17, 15) is 22.4 Å². The van der Waals surface area contributed by atoms with E-state index in [0.29, 0.717) is 22.1 Å². The van der Waals surface area contributed by atoms with Crippen LogP contribution in [0.1, 0.15) is 63.7 Å². The monoisotopic (exact) mass is 595 g/mol. The van der Waals surface area contributed by atoms with E-state index >= 15 is 0 Å². The molecule has 0 aliphatic heterocycles. The first kappa shape index (κ1) is 28.8. The van der Waals surface area contributed by atoms with Crippen molar-refractivity contribution in [1.29, 1.82) is 0 Å². The molecule has 4 aromatic rings. The maximum atomic E-state index is 14.8. The Morgan fingerprint density at radius 1 is 1.17 bits per heavy atom. The molecule has 2 aromatic heterocycles. The number of sulfonamides is 1. The molecule has 0 amide bonds. The van der Waals surface area contributed by atoms with Crippen molar-refractivity contribution in [2.75, 3.05) is 6.61 Å². The van der Waals surface area contributed by atoms with Crippen molar-refractivity contribution in [2.24, 2.45) is 11.1 Å². The second-order valence-electron chi connectivity index (χ2n) is 10.2. The summed E-state index contributed by atoms with van der Waals surface area (Å²) in [5, 5.41) is 5.83. The van der Waals surface area contributed by atoms with Crippen molar-refractivity contribution in [2.45, 2.75) is 51.5 Å². The molecule has 0 radical (unpaired) electrons. The number of nitrogens with two attached hydrogens (primary N) is 1. The van der Waals surface area contributed by atoms with Gasteiger partial charge in [0.1, 0.15) is 15.7 Å². The zero-order valence-corrected chi connectivity index (χ0v) is 24.6. The molecule has 1 saturated carbocycles. The van der Waals surface area contributed by atoms with E-state index in [1.165, 1.54) is 30.4 Å². The number of ether oxygens (including phenoxy) is 1. The molecule has 214 valence electrons. The minimum absolute atomic E-state index is 0.0707. The average Bonchev–Trinajstić information content (AvgIpc) is 3.55. The number of benzene rings is 2. The van der Waals surface area contributed by atoms with Gasteiger partial charge in [-0.3, -0.25) is 4.79 Å². The van der Waals surface area contributed by atoms with E-state index in [1.807, 2.05) is 31.2 Å². The average molecular weight is 596 g/mol. The Hall–Kier alpha value is -3.67. The van der Waals surface area contributed by atoms with E-state index in [1.54, 1.807) is 19.1 Å². The molecule has 2 aromatic carbocycles. The van der Waals surface area contributed by atoms with Crippen molar-refractivity contribution in [3.05, 3.63) is 81.7 Å². The Morgan fingerprint density at radius 3 is 2.56 bits per heavy atom. The molecular formula is C30H30FN3O5S2. The number of hydrogen-bond donors (Lipinski definition) is 1. The largest absolute Gasteiger partial charge is 0.461 e. The minimum Gasteiger partial charge on any atom is -0.461 e. The van der Waals surface area contributed by atoms with E-state index in [4.69, 9.17) is 9.88 Å². The topological polar surface area (TPSA) is 121 Å². The minimum atomic E-state index is -4.21. The molecule has 2 heterocycles. The van der Waals surface area contributed by atoms with Crippen LogP contribution in [0.4, 0.5) is 4.39 Å². The lowest BCUT2D eigenvalue weighted by atomic mass is 10.1. The van der Waals surface area contributed by atoms with Gasteiger partial charge in [0.15, 0.2) is 11.5 Å². The molecule has 11 heteroatoms. The van der Waals surface area contributed by atoms with Gasteiger partial charge in [-0.15, -0.1) is 11.3 Å². The normalized spacial score (nSPS) is 13.4. The Morgan fingerprint density at radius 2 is 1.93 bits per heavy atom. The molecule has 0 atom stereocenters. The molecule has 8 nitrogen and oxygen atoms in total. The molecular weight excluding hydrogens is 565 g/mol.